The number of aromatic nitrogens is 2. The van der Waals surface area contributed by atoms with Crippen molar-refractivity contribution in [1.29, 1.82) is 0 Å². The zero-order valence-electron chi connectivity index (χ0n) is 14.8. The summed E-state index contributed by atoms with van der Waals surface area (Å²) in [4.78, 5) is 31.8. The molecule has 0 saturated carbocycles. The smallest absolute Gasteiger partial charge is 0.271 e. The number of carbonyl (C=O) groups excluding carboxylic acids is 1. The largest absolute Gasteiger partial charge is 0.493 e. The Morgan fingerprint density at radius 1 is 1.27 bits per heavy atom. The Labute approximate surface area is 154 Å². The Morgan fingerprint density at radius 3 is 2.73 bits per heavy atom. The fraction of sp³-hybridized carbons (Fsp3) is 0.278. The maximum Gasteiger partial charge on any atom is 0.271 e. The van der Waals surface area contributed by atoms with Crippen LogP contribution in [0.4, 0.5) is 0 Å². The molecule has 0 saturated heterocycles. The summed E-state index contributed by atoms with van der Waals surface area (Å²) in [6.07, 6.45) is 2.98. The van der Waals surface area contributed by atoms with Crippen molar-refractivity contribution in [2.24, 2.45) is 0 Å². The van der Waals surface area contributed by atoms with Crippen molar-refractivity contribution >= 4 is 22.2 Å². The van der Waals surface area contributed by atoms with E-state index in [2.05, 4.69) is 4.98 Å². The lowest BCUT2D eigenvalue weighted by molar-refractivity contribution is 0.0750. The van der Waals surface area contributed by atoms with Gasteiger partial charge in [0.1, 0.15) is 5.56 Å². The molecule has 0 aliphatic carbocycles. The van der Waals surface area contributed by atoms with Gasteiger partial charge in [-0.25, -0.2) is 4.98 Å². The van der Waals surface area contributed by atoms with Gasteiger partial charge in [-0.1, -0.05) is 6.07 Å². The van der Waals surface area contributed by atoms with E-state index in [4.69, 9.17) is 9.47 Å². The van der Waals surface area contributed by atoms with Crippen molar-refractivity contribution in [1.82, 2.24) is 14.3 Å². The van der Waals surface area contributed by atoms with Gasteiger partial charge in [0.05, 0.1) is 14.2 Å². The van der Waals surface area contributed by atoms with Crippen molar-refractivity contribution in [3.05, 3.63) is 57.5 Å². The van der Waals surface area contributed by atoms with E-state index in [1.807, 2.05) is 19.1 Å². The molecule has 0 atom stereocenters. The minimum absolute atomic E-state index is 0.0585. The van der Waals surface area contributed by atoms with Gasteiger partial charge in [-0.3, -0.25) is 14.0 Å². The summed E-state index contributed by atoms with van der Waals surface area (Å²) in [5, 5.41) is 1.76. The van der Waals surface area contributed by atoms with Crippen LogP contribution < -0.4 is 15.0 Å². The molecule has 0 aliphatic heterocycles. The predicted octanol–water partition coefficient (Wildman–Crippen LogP) is 2.44. The first kappa shape index (κ1) is 17.9. The molecule has 0 radical (unpaired) electrons. The topological polar surface area (TPSA) is 73.1 Å². The second-order valence-corrected chi connectivity index (χ2v) is 6.41. The van der Waals surface area contributed by atoms with Crippen LogP contribution in [-0.4, -0.2) is 41.0 Å². The van der Waals surface area contributed by atoms with Crippen molar-refractivity contribution in [3.8, 4) is 11.5 Å². The molecule has 136 valence electrons. The Bertz CT molecular complexity index is 996. The standard InChI is InChI=1S/C18H19N3O4S/c1-4-20(11-12-5-6-14(24-2)15(9-12)25-3)16(22)13-10-19-18-21(17(13)23)7-8-26-18/h5-10H,4,11H2,1-3H3. The van der Waals surface area contributed by atoms with E-state index < -0.39 is 0 Å². The van der Waals surface area contributed by atoms with E-state index >= 15 is 0 Å². The van der Waals surface area contributed by atoms with Crippen LogP contribution >= 0.6 is 11.3 Å². The minimum atomic E-state index is -0.355. The molecule has 8 heteroatoms. The molecule has 3 aromatic rings. The first-order chi connectivity index (χ1) is 12.6. The molecule has 0 bridgehead atoms. The summed E-state index contributed by atoms with van der Waals surface area (Å²) in [6, 6.07) is 5.48. The minimum Gasteiger partial charge on any atom is -0.493 e. The van der Waals surface area contributed by atoms with Crippen LogP contribution in [0.1, 0.15) is 22.8 Å². The third kappa shape index (κ3) is 3.28. The zero-order chi connectivity index (χ0) is 18.7. The zero-order valence-corrected chi connectivity index (χ0v) is 15.6. The van der Waals surface area contributed by atoms with Crippen LogP contribution in [0.3, 0.4) is 0 Å². The van der Waals surface area contributed by atoms with E-state index in [0.717, 1.165) is 5.56 Å². The third-order valence-corrected chi connectivity index (χ3v) is 4.83. The molecule has 0 unspecified atom stereocenters. The fourth-order valence-corrected chi connectivity index (χ4v) is 3.34. The van der Waals surface area contributed by atoms with Crippen molar-refractivity contribution in [2.45, 2.75) is 13.5 Å². The highest BCUT2D eigenvalue weighted by atomic mass is 32.1. The van der Waals surface area contributed by atoms with E-state index in [9.17, 15) is 9.59 Å². The second-order valence-electron chi connectivity index (χ2n) is 5.54. The molecule has 0 N–H and O–H groups in total. The lowest BCUT2D eigenvalue weighted by Crippen LogP contribution is -2.35. The molecule has 7 nitrogen and oxygen atoms in total. The molecule has 2 heterocycles. The first-order valence-corrected chi connectivity index (χ1v) is 8.92. The van der Waals surface area contributed by atoms with Gasteiger partial charge in [-0.15, -0.1) is 11.3 Å². The van der Waals surface area contributed by atoms with E-state index in [1.165, 1.54) is 21.9 Å². The number of benzene rings is 1. The number of ether oxygens (including phenoxy) is 2. The van der Waals surface area contributed by atoms with Crippen LogP contribution in [0.5, 0.6) is 11.5 Å². The maximum absolute atomic E-state index is 12.9. The van der Waals surface area contributed by atoms with E-state index in [-0.39, 0.29) is 17.0 Å². The lowest BCUT2D eigenvalue weighted by Gasteiger charge is -2.21. The highest BCUT2D eigenvalue weighted by Gasteiger charge is 2.20. The van der Waals surface area contributed by atoms with Gasteiger partial charge < -0.3 is 14.4 Å². The number of nitrogens with zero attached hydrogens (tertiary/aromatic N) is 3. The van der Waals surface area contributed by atoms with Gasteiger partial charge in [0.25, 0.3) is 11.5 Å². The lowest BCUT2D eigenvalue weighted by atomic mass is 10.1. The molecule has 0 fully saturated rings. The van der Waals surface area contributed by atoms with Crippen molar-refractivity contribution < 1.29 is 14.3 Å². The first-order valence-electron chi connectivity index (χ1n) is 8.04. The molecular formula is C18H19N3O4S. The molecule has 1 amide bonds. The van der Waals surface area contributed by atoms with Crippen LogP contribution in [0.2, 0.25) is 0 Å². The average molecular weight is 373 g/mol. The summed E-state index contributed by atoms with van der Waals surface area (Å²) in [7, 11) is 3.13. The van der Waals surface area contributed by atoms with Gasteiger partial charge in [-0.05, 0) is 24.6 Å². The van der Waals surface area contributed by atoms with Gasteiger partial charge >= 0.3 is 0 Å². The van der Waals surface area contributed by atoms with Crippen LogP contribution in [0, 0.1) is 0 Å². The van der Waals surface area contributed by atoms with Gasteiger partial charge in [0, 0.05) is 30.9 Å². The molecule has 2 aromatic heterocycles. The summed E-state index contributed by atoms with van der Waals surface area (Å²) >= 11 is 1.35. The number of hydrogen-bond acceptors (Lipinski definition) is 6. The monoisotopic (exact) mass is 373 g/mol. The van der Waals surface area contributed by atoms with Gasteiger partial charge in [0.15, 0.2) is 16.5 Å². The SMILES string of the molecule is CCN(Cc1ccc(OC)c(OC)c1)C(=O)c1cnc2sccn2c1=O. The highest BCUT2D eigenvalue weighted by molar-refractivity contribution is 7.15. The summed E-state index contributed by atoms with van der Waals surface area (Å²) in [5.74, 6) is 0.867. The molecule has 0 aliphatic rings. The number of methoxy groups -OCH3 is 2. The van der Waals surface area contributed by atoms with Gasteiger partial charge in [0.2, 0.25) is 0 Å². The maximum atomic E-state index is 12.9. The Kier molecular flexibility index (Phi) is 5.22. The van der Waals surface area contributed by atoms with Crippen LogP contribution in [0.25, 0.3) is 4.96 Å². The highest BCUT2D eigenvalue weighted by Crippen LogP contribution is 2.28. The molecule has 26 heavy (non-hydrogen) atoms. The van der Waals surface area contributed by atoms with E-state index in [1.54, 1.807) is 36.8 Å². The Hall–Kier alpha value is -2.87. The number of thiazole rings is 1. The normalized spacial score (nSPS) is 10.7. The van der Waals surface area contributed by atoms with E-state index in [0.29, 0.717) is 29.5 Å². The summed E-state index contributed by atoms with van der Waals surface area (Å²) in [5.41, 5.74) is 0.581. The van der Waals surface area contributed by atoms with Crippen LogP contribution in [0.15, 0.2) is 40.8 Å². The molecule has 1 aromatic carbocycles. The van der Waals surface area contributed by atoms with Crippen molar-refractivity contribution in [2.75, 3.05) is 20.8 Å². The Morgan fingerprint density at radius 2 is 2.04 bits per heavy atom. The number of hydrogen-bond donors (Lipinski definition) is 0. The predicted molar refractivity (Wildman–Crippen MR) is 99.3 cm³/mol. The summed E-state index contributed by atoms with van der Waals surface area (Å²) < 4.78 is 11.9. The Balaban J connectivity index is 1.89. The number of carbonyl (C=O) groups is 1. The number of fused-ring (bicyclic) bond motifs is 1. The molecule has 3 rings (SSSR count). The number of amides is 1. The van der Waals surface area contributed by atoms with Crippen LogP contribution in [-0.2, 0) is 6.54 Å². The third-order valence-electron chi connectivity index (χ3n) is 4.06. The summed E-state index contributed by atoms with van der Waals surface area (Å²) in [6.45, 7) is 2.67. The number of rotatable bonds is 6. The molecule has 0 spiro atoms. The van der Waals surface area contributed by atoms with Crippen molar-refractivity contribution in [3.63, 3.8) is 0 Å². The average Bonchev–Trinajstić information content (AvgIpc) is 3.15. The fourth-order valence-electron chi connectivity index (χ4n) is 2.67. The molecular weight excluding hydrogens is 354 g/mol. The second kappa shape index (κ2) is 7.57. The van der Waals surface area contributed by atoms with Gasteiger partial charge in [-0.2, -0.15) is 0 Å². The quantitative estimate of drug-likeness (QED) is 0.664.